The first-order valence-electron chi connectivity index (χ1n) is 6.60. The molecule has 0 aliphatic rings. The number of methoxy groups -OCH3 is 1. The number of ether oxygens (including phenoxy) is 1. The van der Waals surface area contributed by atoms with Crippen molar-refractivity contribution in [2.75, 3.05) is 13.7 Å². The van der Waals surface area contributed by atoms with Crippen LogP contribution in [0, 0.1) is 0 Å². The third-order valence-corrected chi connectivity index (χ3v) is 2.85. The Hall–Kier alpha value is -0.610. The van der Waals surface area contributed by atoms with Gasteiger partial charge in [-0.2, -0.15) is 0 Å². The lowest BCUT2D eigenvalue weighted by molar-refractivity contribution is -0.123. The minimum atomic E-state index is -0.172. The van der Waals surface area contributed by atoms with Gasteiger partial charge in [0.2, 0.25) is 5.91 Å². The van der Waals surface area contributed by atoms with E-state index >= 15 is 0 Å². The number of amides is 1. The van der Waals surface area contributed by atoms with Crippen molar-refractivity contribution < 1.29 is 9.53 Å². The van der Waals surface area contributed by atoms with Crippen LogP contribution in [0.1, 0.15) is 47.0 Å². The van der Waals surface area contributed by atoms with E-state index in [9.17, 15) is 4.79 Å². The molecule has 0 rings (SSSR count). The zero-order chi connectivity index (χ0) is 13.3. The van der Waals surface area contributed by atoms with Gasteiger partial charge in [0, 0.05) is 19.2 Å². The normalized spacial score (nSPS) is 16.3. The van der Waals surface area contributed by atoms with Crippen LogP contribution in [-0.4, -0.2) is 37.7 Å². The number of carbonyl (C=O) groups excluding carboxylic acids is 1. The highest BCUT2D eigenvalue weighted by Crippen LogP contribution is 1.98. The number of hydrogen-bond acceptors (Lipinski definition) is 3. The molecule has 0 aromatic heterocycles. The average molecular weight is 244 g/mol. The van der Waals surface area contributed by atoms with Crippen molar-refractivity contribution in [3.63, 3.8) is 0 Å². The summed E-state index contributed by atoms with van der Waals surface area (Å²) >= 11 is 0. The topological polar surface area (TPSA) is 50.4 Å². The van der Waals surface area contributed by atoms with E-state index < -0.39 is 0 Å². The van der Waals surface area contributed by atoms with E-state index in [-0.39, 0.29) is 24.0 Å². The number of carbonyl (C=O) groups is 1. The molecule has 4 heteroatoms. The monoisotopic (exact) mass is 244 g/mol. The molecule has 0 spiro atoms. The SMILES string of the molecule is CCCC(C)NC(=O)C(C)NC(CC)COC. The first kappa shape index (κ1) is 16.4. The van der Waals surface area contributed by atoms with Crippen molar-refractivity contribution in [2.24, 2.45) is 0 Å². The third-order valence-electron chi connectivity index (χ3n) is 2.85. The highest BCUT2D eigenvalue weighted by molar-refractivity contribution is 5.81. The summed E-state index contributed by atoms with van der Waals surface area (Å²) in [7, 11) is 1.68. The van der Waals surface area contributed by atoms with Crippen molar-refractivity contribution in [1.82, 2.24) is 10.6 Å². The molecule has 4 nitrogen and oxygen atoms in total. The summed E-state index contributed by atoms with van der Waals surface area (Å²) in [5.41, 5.74) is 0. The smallest absolute Gasteiger partial charge is 0.237 e. The molecular formula is C13H28N2O2. The van der Waals surface area contributed by atoms with Crippen LogP contribution in [0.4, 0.5) is 0 Å². The molecule has 102 valence electrons. The highest BCUT2D eigenvalue weighted by Gasteiger charge is 2.17. The highest BCUT2D eigenvalue weighted by atomic mass is 16.5. The molecule has 3 atom stereocenters. The summed E-state index contributed by atoms with van der Waals surface area (Å²) in [6.07, 6.45) is 3.06. The van der Waals surface area contributed by atoms with Crippen LogP contribution in [0.3, 0.4) is 0 Å². The van der Waals surface area contributed by atoms with Gasteiger partial charge in [0.1, 0.15) is 0 Å². The van der Waals surface area contributed by atoms with Crippen molar-refractivity contribution in [3.05, 3.63) is 0 Å². The van der Waals surface area contributed by atoms with E-state index in [1.165, 1.54) is 0 Å². The van der Waals surface area contributed by atoms with Crippen LogP contribution in [-0.2, 0) is 9.53 Å². The van der Waals surface area contributed by atoms with E-state index in [2.05, 4.69) is 24.5 Å². The van der Waals surface area contributed by atoms with Crippen molar-refractivity contribution in [1.29, 1.82) is 0 Å². The number of nitrogens with one attached hydrogen (secondary N) is 2. The van der Waals surface area contributed by atoms with Crippen LogP contribution >= 0.6 is 0 Å². The third kappa shape index (κ3) is 7.34. The second-order valence-electron chi connectivity index (χ2n) is 4.65. The van der Waals surface area contributed by atoms with Gasteiger partial charge in [-0.05, 0) is 26.7 Å². The average Bonchev–Trinajstić information content (AvgIpc) is 2.28. The van der Waals surface area contributed by atoms with Gasteiger partial charge in [0.05, 0.1) is 12.6 Å². The lowest BCUT2D eigenvalue weighted by Gasteiger charge is -2.22. The van der Waals surface area contributed by atoms with E-state index in [1.807, 2.05) is 13.8 Å². The number of hydrogen-bond donors (Lipinski definition) is 2. The summed E-state index contributed by atoms with van der Waals surface area (Å²) in [6.45, 7) is 8.78. The summed E-state index contributed by atoms with van der Waals surface area (Å²) in [4.78, 5) is 11.9. The summed E-state index contributed by atoms with van der Waals surface area (Å²) in [5.74, 6) is 0.0699. The van der Waals surface area contributed by atoms with E-state index in [0.717, 1.165) is 19.3 Å². The van der Waals surface area contributed by atoms with E-state index in [1.54, 1.807) is 7.11 Å². The molecular weight excluding hydrogens is 216 g/mol. The van der Waals surface area contributed by atoms with Crippen molar-refractivity contribution in [3.8, 4) is 0 Å². The van der Waals surface area contributed by atoms with Gasteiger partial charge in [0.25, 0.3) is 0 Å². The predicted octanol–water partition coefficient (Wildman–Crippen LogP) is 1.69. The van der Waals surface area contributed by atoms with E-state index in [0.29, 0.717) is 6.61 Å². The van der Waals surface area contributed by atoms with Gasteiger partial charge >= 0.3 is 0 Å². The van der Waals surface area contributed by atoms with Crippen LogP contribution in [0.15, 0.2) is 0 Å². The molecule has 0 saturated carbocycles. The van der Waals surface area contributed by atoms with Crippen LogP contribution in [0.2, 0.25) is 0 Å². The summed E-state index contributed by atoms with van der Waals surface area (Å²) < 4.78 is 5.10. The Morgan fingerprint density at radius 3 is 2.41 bits per heavy atom. The maximum Gasteiger partial charge on any atom is 0.237 e. The molecule has 0 aliphatic carbocycles. The van der Waals surface area contributed by atoms with Crippen LogP contribution in [0.25, 0.3) is 0 Å². The quantitative estimate of drug-likeness (QED) is 0.649. The molecule has 0 bridgehead atoms. The zero-order valence-corrected chi connectivity index (χ0v) is 11.9. The minimum Gasteiger partial charge on any atom is -0.383 e. The zero-order valence-electron chi connectivity index (χ0n) is 11.9. The maximum atomic E-state index is 11.9. The van der Waals surface area contributed by atoms with Crippen molar-refractivity contribution >= 4 is 5.91 Å². The largest absolute Gasteiger partial charge is 0.383 e. The Morgan fingerprint density at radius 1 is 1.29 bits per heavy atom. The Balaban J connectivity index is 4.02. The Bertz CT molecular complexity index is 210. The molecule has 0 saturated heterocycles. The van der Waals surface area contributed by atoms with Gasteiger partial charge in [-0.15, -0.1) is 0 Å². The lowest BCUT2D eigenvalue weighted by atomic mass is 10.1. The van der Waals surface area contributed by atoms with Gasteiger partial charge < -0.3 is 15.4 Å². The van der Waals surface area contributed by atoms with Gasteiger partial charge in [-0.1, -0.05) is 20.3 Å². The van der Waals surface area contributed by atoms with Gasteiger partial charge in [-0.3, -0.25) is 4.79 Å². The lowest BCUT2D eigenvalue weighted by Crippen LogP contribution is -2.49. The molecule has 2 N–H and O–H groups in total. The fraction of sp³-hybridized carbons (Fsp3) is 0.923. The van der Waals surface area contributed by atoms with Crippen molar-refractivity contribution in [2.45, 2.75) is 65.1 Å². The second-order valence-corrected chi connectivity index (χ2v) is 4.65. The number of rotatable bonds is 9. The second kappa shape index (κ2) is 9.42. The van der Waals surface area contributed by atoms with Crippen LogP contribution in [0.5, 0.6) is 0 Å². The molecule has 0 fully saturated rings. The summed E-state index contributed by atoms with van der Waals surface area (Å²) in [5, 5.41) is 6.29. The fourth-order valence-corrected chi connectivity index (χ4v) is 1.79. The Labute approximate surface area is 105 Å². The van der Waals surface area contributed by atoms with Gasteiger partial charge in [-0.25, -0.2) is 0 Å². The van der Waals surface area contributed by atoms with Crippen LogP contribution < -0.4 is 10.6 Å². The molecule has 0 aromatic carbocycles. The van der Waals surface area contributed by atoms with E-state index in [4.69, 9.17) is 4.74 Å². The standard InChI is InChI=1S/C13H28N2O2/c1-6-8-10(3)14-13(16)11(4)15-12(7-2)9-17-5/h10-12,15H,6-9H2,1-5H3,(H,14,16). The Morgan fingerprint density at radius 2 is 1.94 bits per heavy atom. The fourth-order valence-electron chi connectivity index (χ4n) is 1.79. The first-order chi connectivity index (χ1) is 8.04. The minimum absolute atomic E-state index is 0.0699. The first-order valence-corrected chi connectivity index (χ1v) is 6.60. The molecule has 0 aliphatic heterocycles. The molecule has 1 amide bonds. The predicted molar refractivity (Wildman–Crippen MR) is 71.1 cm³/mol. The maximum absolute atomic E-state index is 11.9. The summed E-state index contributed by atoms with van der Waals surface area (Å²) in [6, 6.07) is 0.316. The Kier molecular flexibility index (Phi) is 9.09. The molecule has 3 unspecified atom stereocenters. The molecule has 0 heterocycles. The molecule has 0 aromatic rings. The van der Waals surface area contributed by atoms with Gasteiger partial charge in [0.15, 0.2) is 0 Å². The molecule has 17 heavy (non-hydrogen) atoms. The molecule has 0 radical (unpaired) electrons.